The summed E-state index contributed by atoms with van der Waals surface area (Å²) in [4.78, 5) is 10.4. The molecule has 0 heterocycles. The Morgan fingerprint density at radius 2 is 2.27 bits per heavy atom. The molecule has 0 aromatic heterocycles. The van der Waals surface area contributed by atoms with Crippen molar-refractivity contribution in [1.29, 1.82) is 0 Å². The van der Waals surface area contributed by atoms with Gasteiger partial charge in [0, 0.05) is 13.5 Å². The second-order valence-corrected chi connectivity index (χ2v) is 3.24. The van der Waals surface area contributed by atoms with Crippen LogP contribution in [0, 0.1) is 0 Å². The first-order valence-electron chi connectivity index (χ1n) is 4.06. The van der Waals surface area contributed by atoms with E-state index in [2.05, 4.69) is 5.32 Å². The van der Waals surface area contributed by atoms with Crippen LogP contribution in [0.15, 0.2) is 0 Å². The van der Waals surface area contributed by atoms with E-state index < -0.39 is 5.67 Å². The van der Waals surface area contributed by atoms with Gasteiger partial charge in [-0.2, -0.15) is 0 Å². The Morgan fingerprint density at radius 1 is 1.64 bits per heavy atom. The quantitative estimate of drug-likeness (QED) is 0.662. The molecule has 0 aliphatic heterocycles. The molecule has 1 amide bonds. The minimum atomic E-state index is -0.956. The maximum Gasteiger partial charge on any atom is 0.216 e. The van der Waals surface area contributed by atoms with Crippen molar-refractivity contribution in [3.05, 3.63) is 0 Å². The Balaban J connectivity index is 2.07. The van der Waals surface area contributed by atoms with E-state index in [1.165, 1.54) is 6.92 Å². The van der Waals surface area contributed by atoms with Gasteiger partial charge in [-0.3, -0.25) is 4.79 Å². The molecule has 0 radical (unpaired) electrons. The van der Waals surface area contributed by atoms with Crippen molar-refractivity contribution in [2.75, 3.05) is 6.54 Å². The van der Waals surface area contributed by atoms with Crippen molar-refractivity contribution >= 4 is 5.91 Å². The van der Waals surface area contributed by atoms with E-state index in [9.17, 15) is 9.18 Å². The predicted molar refractivity (Wildman–Crippen MR) is 41.0 cm³/mol. The number of alkyl halides is 1. The fourth-order valence-corrected chi connectivity index (χ4v) is 1.27. The van der Waals surface area contributed by atoms with Crippen LogP contribution in [0.2, 0.25) is 0 Å². The summed E-state index contributed by atoms with van der Waals surface area (Å²) in [5.41, 5.74) is -0.956. The molecule has 64 valence electrons. The molecule has 1 aliphatic rings. The summed E-state index contributed by atoms with van der Waals surface area (Å²) < 4.78 is 13.2. The second-order valence-electron chi connectivity index (χ2n) is 3.24. The fourth-order valence-electron chi connectivity index (χ4n) is 1.27. The molecule has 0 atom stereocenters. The Kier molecular flexibility index (Phi) is 2.47. The summed E-state index contributed by atoms with van der Waals surface area (Å²) >= 11 is 0. The first-order chi connectivity index (χ1) is 5.12. The predicted octanol–water partition coefficient (Wildman–Crippen LogP) is 1.40. The lowest BCUT2D eigenvalue weighted by Crippen LogP contribution is -2.36. The minimum Gasteiger partial charge on any atom is -0.356 e. The van der Waals surface area contributed by atoms with Crippen molar-refractivity contribution in [3.8, 4) is 0 Å². The molecule has 0 bridgehead atoms. The summed E-state index contributed by atoms with van der Waals surface area (Å²) in [5.74, 6) is -0.0760. The number of carbonyl (C=O) groups is 1. The molecule has 11 heavy (non-hydrogen) atoms. The average Bonchev–Trinajstić information content (AvgIpc) is 1.83. The number of carbonyl (C=O) groups excluding carboxylic acids is 1. The standard InChI is InChI=1S/C8H14FNO/c1-7(11)10-6-5-8(9)3-2-4-8/h2-6H2,1H3,(H,10,11). The summed E-state index contributed by atoms with van der Waals surface area (Å²) in [6, 6.07) is 0. The highest BCUT2D eigenvalue weighted by Crippen LogP contribution is 2.38. The zero-order valence-corrected chi connectivity index (χ0v) is 6.82. The van der Waals surface area contributed by atoms with Crippen molar-refractivity contribution in [3.63, 3.8) is 0 Å². The summed E-state index contributed by atoms with van der Waals surface area (Å²) in [6.07, 6.45) is 2.82. The lowest BCUT2D eigenvalue weighted by molar-refractivity contribution is -0.119. The smallest absolute Gasteiger partial charge is 0.216 e. The second kappa shape index (κ2) is 3.20. The minimum absolute atomic E-state index is 0.0760. The van der Waals surface area contributed by atoms with Gasteiger partial charge in [-0.1, -0.05) is 0 Å². The maximum absolute atomic E-state index is 13.2. The van der Waals surface area contributed by atoms with Crippen LogP contribution in [0.1, 0.15) is 32.6 Å². The topological polar surface area (TPSA) is 29.1 Å². The van der Waals surface area contributed by atoms with Crippen LogP contribution in [0.25, 0.3) is 0 Å². The molecule has 0 unspecified atom stereocenters. The Morgan fingerprint density at radius 3 is 2.64 bits per heavy atom. The lowest BCUT2D eigenvalue weighted by atomic mass is 9.80. The molecule has 0 aromatic carbocycles. The van der Waals surface area contributed by atoms with Crippen LogP contribution in [0.3, 0.4) is 0 Å². The van der Waals surface area contributed by atoms with Crippen molar-refractivity contribution < 1.29 is 9.18 Å². The highest BCUT2D eigenvalue weighted by atomic mass is 19.1. The van der Waals surface area contributed by atoms with Gasteiger partial charge in [0.15, 0.2) is 0 Å². The van der Waals surface area contributed by atoms with E-state index in [4.69, 9.17) is 0 Å². The van der Waals surface area contributed by atoms with Crippen LogP contribution in [0.5, 0.6) is 0 Å². The number of halogens is 1. The van der Waals surface area contributed by atoms with Gasteiger partial charge >= 0.3 is 0 Å². The zero-order valence-electron chi connectivity index (χ0n) is 6.82. The van der Waals surface area contributed by atoms with Crippen molar-refractivity contribution in [2.45, 2.75) is 38.3 Å². The number of amides is 1. The third-order valence-corrected chi connectivity index (χ3v) is 2.20. The van der Waals surface area contributed by atoms with Crippen LogP contribution < -0.4 is 5.32 Å². The normalized spacial score (nSPS) is 20.5. The number of hydrogen-bond acceptors (Lipinski definition) is 1. The van der Waals surface area contributed by atoms with E-state index in [1.807, 2.05) is 0 Å². The van der Waals surface area contributed by atoms with Gasteiger partial charge in [-0.15, -0.1) is 0 Å². The molecular formula is C8H14FNO. The number of nitrogens with one attached hydrogen (secondary N) is 1. The molecule has 1 N–H and O–H groups in total. The highest BCUT2D eigenvalue weighted by molar-refractivity contribution is 5.72. The Bertz CT molecular complexity index is 154. The van der Waals surface area contributed by atoms with E-state index in [0.717, 1.165) is 6.42 Å². The molecule has 0 spiro atoms. The molecule has 0 saturated heterocycles. The highest BCUT2D eigenvalue weighted by Gasteiger charge is 2.36. The van der Waals surface area contributed by atoms with Gasteiger partial charge in [0.1, 0.15) is 5.67 Å². The van der Waals surface area contributed by atoms with Crippen LogP contribution in [-0.4, -0.2) is 18.1 Å². The summed E-state index contributed by atoms with van der Waals surface area (Å²) in [7, 11) is 0. The third kappa shape index (κ3) is 2.48. The summed E-state index contributed by atoms with van der Waals surface area (Å²) in [5, 5.41) is 2.59. The molecule has 2 nitrogen and oxygen atoms in total. The van der Waals surface area contributed by atoms with E-state index in [-0.39, 0.29) is 5.91 Å². The van der Waals surface area contributed by atoms with Gasteiger partial charge in [0.05, 0.1) is 0 Å². The lowest BCUT2D eigenvalue weighted by Gasteiger charge is -2.33. The van der Waals surface area contributed by atoms with Gasteiger partial charge in [0.2, 0.25) is 5.91 Å². The first-order valence-corrected chi connectivity index (χ1v) is 4.06. The largest absolute Gasteiger partial charge is 0.356 e. The van der Waals surface area contributed by atoms with Gasteiger partial charge in [0.25, 0.3) is 0 Å². The van der Waals surface area contributed by atoms with E-state index in [1.54, 1.807) is 0 Å². The van der Waals surface area contributed by atoms with Crippen LogP contribution in [0.4, 0.5) is 4.39 Å². The number of hydrogen-bond donors (Lipinski definition) is 1. The van der Waals surface area contributed by atoms with Crippen LogP contribution in [-0.2, 0) is 4.79 Å². The SMILES string of the molecule is CC(=O)NCCC1(F)CCC1. The molecule has 1 fully saturated rings. The van der Waals surface area contributed by atoms with Gasteiger partial charge in [-0.25, -0.2) is 4.39 Å². The molecule has 1 saturated carbocycles. The zero-order chi connectivity index (χ0) is 8.32. The molecule has 0 aromatic rings. The Labute approximate surface area is 66.2 Å². The molecular weight excluding hydrogens is 145 g/mol. The maximum atomic E-state index is 13.2. The molecule has 3 heteroatoms. The average molecular weight is 159 g/mol. The molecule has 1 rings (SSSR count). The molecule has 1 aliphatic carbocycles. The Hall–Kier alpha value is -0.600. The van der Waals surface area contributed by atoms with E-state index in [0.29, 0.717) is 25.8 Å². The van der Waals surface area contributed by atoms with Crippen LogP contribution >= 0.6 is 0 Å². The van der Waals surface area contributed by atoms with Gasteiger partial charge in [-0.05, 0) is 25.7 Å². The van der Waals surface area contributed by atoms with Crippen molar-refractivity contribution in [2.24, 2.45) is 0 Å². The summed E-state index contributed by atoms with van der Waals surface area (Å²) in [6.45, 7) is 1.93. The number of rotatable bonds is 3. The fraction of sp³-hybridized carbons (Fsp3) is 0.875. The first kappa shape index (κ1) is 8.50. The van der Waals surface area contributed by atoms with Gasteiger partial charge < -0.3 is 5.32 Å². The van der Waals surface area contributed by atoms with Crippen molar-refractivity contribution in [1.82, 2.24) is 5.32 Å². The third-order valence-electron chi connectivity index (χ3n) is 2.20. The monoisotopic (exact) mass is 159 g/mol. The van der Waals surface area contributed by atoms with E-state index >= 15 is 0 Å².